The lowest BCUT2D eigenvalue weighted by molar-refractivity contribution is -0.384. The van der Waals surface area contributed by atoms with Gasteiger partial charge in [0.25, 0.3) is 5.69 Å². The summed E-state index contributed by atoms with van der Waals surface area (Å²) in [5.74, 6) is 0. The van der Waals surface area contributed by atoms with E-state index in [1.807, 2.05) is 24.3 Å². The fourth-order valence-electron chi connectivity index (χ4n) is 4.76. The Morgan fingerprint density at radius 2 is 1.62 bits per heavy atom. The second-order valence-corrected chi connectivity index (χ2v) is 8.73. The predicted octanol–water partition coefficient (Wildman–Crippen LogP) is 6.95. The molecule has 5 aromatic rings. The lowest BCUT2D eigenvalue weighted by Crippen LogP contribution is -2.10. The van der Waals surface area contributed by atoms with Gasteiger partial charge in [-0.15, -0.1) is 0 Å². The second kappa shape index (κ2) is 7.89. The van der Waals surface area contributed by atoms with Crippen molar-refractivity contribution in [3.8, 4) is 33.6 Å². The Bertz CT molecular complexity index is 1590. The molecule has 0 spiro atoms. The number of rotatable bonds is 3. The lowest BCUT2D eigenvalue weighted by Gasteiger charge is -2.23. The van der Waals surface area contributed by atoms with Crippen LogP contribution in [-0.4, -0.2) is 14.9 Å². The highest BCUT2D eigenvalue weighted by molar-refractivity contribution is 5.89. The van der Waals surface area contributed by atoms with E-state index in [4.69, 9.17) is 9.97 Å². The first-order valence-electron chi connectivity index (χ1n) is 11.3. The lowest BCUT2D eigenvalue weighted by atomic mass is 9.85. The number of para-hydroxylation sites is 1. The Morgan fingerprint density at radius 3 is 2.44 bits per heavy atom. The van der Waals surface area contributed by atoms with Crippen LogP contribution in [0.1, 0.15) is 16.8 Å². The maximum absolute atomic E-state index is 11.5. The number of aromatic nitrogens is 2. The number of non-ortho nitro benzene ring substituents is 1. The minimum atomic E-state index is -0.344. The summed E-state index contributed by atoms with van der Waals surface area (Å²) < 4.78 is 0. The monoisotopic (exact) mass is 443 g/mol. The Hall–Kier alpha value is -4.38. The van der Waals surface area contributed by atoms with Crippen molar-refractivity contribution in [3.63, 3.8) is 0 Å². The standard InChI is InChI=1S/C29H21N3O2/c1-18-9-11-19(12-10-18)28-17-24(20-6-4-7-22(15-20)32(33)34)23-13-14-27-25(29(23)31-28)16-21-5-2-3-8-26(21)30-27/h2-12,15-17H,13-14H2,1H3. The fraction of sp³-hybridized carbons (Fsp3) is 0.103. The van der Waals surface area contributed by atoms with Gasteiger partial charge in [0.05, 0.1) is 27.5 Å². The van der Waals surface area contributed by atoms with Crippen molar-refractivity contribution < 1.29 is 4.92 Å². The number of nitro benzene ring substituents is 1. The zero-order valence-corrected chi connectivity index (χ0v) is 18.7. The normalized spacial score (nSPS) is 12.3. The highest BCUT2D eigenvalue weighted by Crippen LogP contribution is 2.41. The number of pyridine rings is 2. The van der Waals surface area contributed by atoms with E-state index in [1.54, 1.807) is 12.1 Å². The second-order valence-electron chi connectivity index (χ2n) is 8.73. The average molecular weight is 444 g/mol. The van der Waals surface area contributed by atoms with E-state index in [1.165, 1.54) is 11.6 Å². The van der Waals surface area contributed by atoms with E-state index >= 15 is 0 Å². The molecular weight excluding hydrogens is 422 g/mol. The Balaban J connectivity index is 1.64. The van der Waals surface area contributed by atoms with Crippen molar-refractivity contribution in [2.75, 3.05) is 0 Å². The number of fused-ring (bicyclic) bond motifs is 4. The molecule has 0 saturated carbocycles. The molecule has 3 aromatic carbocycles. The molecular formula is C29H21N3O2. The summed E-state index contributed by atoms with van der Waals surface area (Å²) >= 11 is 0. The molecule has 1 aliphatic carbocycles. The number of benzene rings is 3. The van der Waals surface area contributed by atoms with Gasteiger partial charge in [0.2, 0.25) is 0 Å². The third-order valence-electron chi connectivity index (χ3n) is 6.51. The molecule has 5 heteroatoms. The van der Waals surface area contributed by atoms with E-state index in [-0.39, 0.29) is 10.6 Å². The predicted molar refractivity (Wildman–Crippen MR) is 135 cm³/mol. The van der Waals surface area contributed by atoms with Crippen LogP contribution < -0.4 is 0 Å². The molecule has 0 unspecified atom stereocenters. The summed E-state index contributed by atoms with van der Waals surface area (Å²) in [4.78, 5) is 21.2. The van der Waals surface area contributed by atoms with Crippen LogP contribution in [0.5, 0.6) is 0 Å². The van der Waals surface area contributed by atoms with Crippen LogP contribution in [-0.2, 0) is 12.8 Å². The molecule has 164 valence electrons. The minimum absolute atomic E-state index is 0.0869. The topological polar surface area (TPSA) is 68.9 Å². The molecule has 0 aliphatic heterocycles. The minimum Gasteiger partial charge on any atom is -0.258 e. The van der Waals surface area contributed by atoms with Crippen LogP contribution in [0.4, 0.5) is 5.69 Å². The first kappa shape index (κ1) is 20.2. The molecule has 6 rings (SSSR count). The van der Waals surface area contributed by atoms with E-state index in [0.717, 1.165) is 68.6 Å². The van der Waals surface area contributed by atoms with Crippen molar-refractivity contribution >= 4 is 16.6 Å². The molecule has 1 aliphatic rings. The van der Waals surface area contributed by atoms with Gasteiger partial charge in [-0.25, -0.2) is 4.98 Å². The third-order valence-corrected chi connectivity index (χ3v) is 6.51. The smallest absolute Gasteiger partial charge is 0.258 e. The highest BCUT2D eigenvalue weighted by atomic mass is 16.6. The van der Waals surface area contributed by atoms with Gasteiger partial charge in [-0.2, -0.15) is 0 Å². The molecule has 0 fully saturated rings. The number of aryl methyl sites for hydroxylation is 2. The molecule has 0 amide bonds. The number of hydrogen-bond acceptors (Lipinski definition) is 4. The molecule has 2 aromatic heterocycles. The first-order valence-corrected chi connectivity index (χ1v) is 11.3. The Morgan fingerprint density at radius 1 is 0.794 bits per heavy atom. The SMILES string of the molecule is Cc1ccc(-c2cc(-c3cccc([N+](=O)[O-])c3)c3c(n2)-c2cc4ccccc4nc2CC3)cc1. The van der Waals surface area contributed by atoms with Crippen molar-refractivity contribution in [1.29, 1.82) is 0 Å². The van der Waals surface area contributed by atoms with Gasteiger partial charge in [-0.05, 0) is 54.7 Å². The highest BCUT2D eigenvalue weighted by Gasteiger charge is 2.24. The van der Waals surface area contributed by atoms with Gasteiger partial charge < -0.3 is 0 Å². The van der Waals surface area contributed by atoms with Crippen LogP contribution in [0, 0.1) is 17.0 Å². The molecule has 5 nitrogen and oxygen atoms in total. The van der Waals surface area contributed by atoms with Gasteiger partial charge in [-0.3, -0.25) is 15.1 Å². The largest absolute Gasteiger partial charge is 0.270 e. The van der Waals surface area contributed by atoms with Crippen LogP contribution in [0.3, 0.4) is 0 Å². The molecule has 0 bridgehead atoms. The molecule has 2 heterocycles. The van der Waals surface area contributed by atoms with Crippen LogP contribution in [0.15, 0.2) is 84.9 Å². The summed E-state index contributed by atoms with van der Waals surface area (Å²) in [6, 6.07) is 27.6. The molecule has 34 heavy (non-hydrogen) atoms. The van der Waals surface area contributed by atoms with Gasteiger partial charge in [0.15, 0.2) is 0 Å². The third kappa shape index (κ3) is 3.42. The van der Waals surface area contributed by atoms with Crippen molar-refractivity contribution in [2.45, 2.75) is 19.8 Å². The summed E-state index contributed by atoms with van der Waals surface area (Å²) in [6.07, 6.45) is 1.59. The summed E-state index contributed by atoms with van der Waals surface area (Å²) in [6.45, 7) is 2.06. The van der Waals surface area contributed by atoms with Gasteiger partial charge in [-0.1, -0.05) is 60.2 Å². The summed E-state index contributed by atoms with van der Waals surface area (Å²) in [5, 5.41) is 12.5. The van der Waals surface area contributed by atoms with Crippen LogP contribution >= 0.6 is 0 Å². The van der Waals surface area contributed by atoms with Gasteiger partial charge in [0, 0.05) is 28.6 Å². The maximum Gasteiger partial charge on any atom is 0.270 e. The molecule has 0 saturated heterocycles. The van der Waals surface area contributed by atoms with E-state index in [0.29, 0.717) is 0 Å². The zero-order chi connectivity index (χ0) is 23.2. The fourth-order valence-corrected chi connectivity index (χ4v) is 4.76. The Kier molecular flexibility index (Phi) is 4.69. The maximum atomic E-state index is 11.5. The van der Waals surface area contributed by atoms with Gasteiger partial charge in [0.1, 0.15) is 0 Å². The van der Waals surface area contributed by atoms with Crippen molar-refractivity contribution in [1.82, 2.24) is 9.97 Å². The summed E-state index contributed by atoms with van der Waals surface area (Å²) in [5.41, 5.74) is 10.1. The van der Waals surface area contributed by atoms with Crippen LogP contribution in [0.25, 0.3) is 44.5 Å². The van der Waals surface area contributed by atoms with Crippen molar-refractivity contribution in [3.05, 3.63) is 112 Å². The molecule has 0 atom stereocenters. The van der Waals surface area contributed by atoms with E-state index in [9.17, 15) is 10.1 Å². The zero-order valence-electron chi connectivity index (χ0n) is 18.7. The van der Waals surface area contributed by atoms with Gasteiger partial charge >= 0.3 is 0 Å². The number of hydrogen-bond donors (Lipinski definition) is 0. The van der Waals surface area contributed by atoms with Crippen molar-refractivity contribution in [2.24, 2.45) is 0 Å². The van der Waals surface area contributed by atoms with E-state index < -0.39 is 0 Å². The molecule has 0 radical (unpaired) electrons. The number of nitrogens with zero attached hydrogens (tertiary/aromatic N) is 3. The summed E-state index contributed by atoms with van der Waals surface area (Å²) in [7, 11) is 0. The average Bonchev–Trinajstić information content (AvgIpc) is 2.87. The quantitative estimate of drug-likeness (QED) is 0.224. The van der Waals surface area contributed by atoms with E-state index in [2.05, 4.69) is 49.4 Å². The Labute approximate surface area is 196 Å². The first-order chi connectivity index (χ1) is 16.6. The van der Waals surface area contributed by atoms with Crippen LogP contribution in [0.2, 0.25) is 0 Å². The molecule has 0 N–H and O–H groups in total. The number of nitro groups is 1.